The Morgan fingerprint density at radius 3 is 2.00 bits per heavy atom. The van der Waals surface area contributed by atoms with Crippen LogP contribution in [0.2, 0.25) is 0 Å². The Balaban J connectivity index is 0.000001000. The third-order valence-corrected chi connectivity index (χ3v) is 2.22. The zero-order chi connectivity index (χ0) is 7.72. The maximum Gasteiger partial charge on any atom is 0 e. The maximum atomic E-state index is 3.21. The first kappa shape index (κ1) is 9.22. The minimum absolute atomic E-state index is 0. The molecule has 1 heteroatoms. The second kappa shape index (κ2) is 2.87. The van der Waals surface area contributed by atoms with E-state index < -0.39 is 0 Å². The van der Waals surface area contributed by atoms with Gasteiger partial charge in [0.1, 0.15) is 0 Å². The molecule has 11 heavy (non-hydrogen) atoms. The molecule has 0 aliphatic rings. The van der Waals surface area contributed by atoms with Gasteiger partial charge in [-0.25, -0.2) is 0 Å². The van der Waals surface area contributed by atoms with Crippen molar-refractivity contribution in [1.29, 1.82) is 0 Å². The van der Waals surface area contributed by atoms with E-state index in [1.807, 2.05) is 0 Å². The molecule has 0 N–H and O–H groups in total. The molecule has 0 aliphatic heterocycles. The Morgan fingerprint density at radius 2 is 1.55 bits per heavy atom. The van der Waals surface area contributed by atoms with Crippen molar-refractivity contribution in [3.63, 3.8) is 0 Å². The van der Waals surface area contributed by atoms with Crippen LogP contribution in [0.3, 0.4) is 0 Å². The summed E-state index contributed by atoms with van der Waals surface area (Å²) in [6, 6.07) is 5.26. The van der Waals surface area contributed by atoms with Gasteiger partial charge in [0.15, 0.2) is 0 Å². The first-order chi connectivity index (χ1) is 4.63. The minimum atomic E-state index is 0. The molecule has 0 nitrogen and oxygen atoms in total. The SMILES string of the molecule is Cc1[c-]cc(C)c(C)c1C.[Rf]. The summed E-state index contributed by atoms with van der Waals surface area (Å²) in [5, 5.41) is 0. The van der Waals surface area contributed by atoms with Crippen molar-refractivity contribution in [3.8, 4) is 0 Å². The molecule has 1 aromatic carbocycles. The van der Waals surface area contributed by atoms with E-state index in [0.29, 0.717) is 0 Å². The number of hydrogen-bond acceptors (Lipinski definition) is 0. The number of aryl methyl sites for hydroxylation is 2. The van der Waals surface area contributed by atoms with Gasteiger partial charge in [0.05, 0.1) is 0 Å². The number of rotatable bonds is 0. The number of benzene rings is 1. The first-order valence-corrected chi connectivity index (χ1v) is 3.58. The van der Waals surface area contributed by atoms with Gasteiger partial charge in [0.2, 0.25) is 0 Å². The molecule has 0 amide bonds. The average Bonchev–Trinajstić information content (AvgIpc) is 1.93. The molecule has 0 saturated heterocycles. The predicted octanol–water partition coefficient (Wildman–Crippen LogP) is 2.72. The summed E-state index contributed by atoms with van der Waals surface area (Å²) < 4.78 is 0. The second-order valence-corrected chi connectivity index (χ2v) is 2.85. The Labute approximate surface area is 62.9 Å². The maximum absolute atomic E-state index is 3.21. The van der Waals surface area contributed by atoms with Crippen molar-refractivity contribution in [2.75, 3.05) is 0 Å². The average molecular weight is 400 g/mol. The van der Waals surface area contributed by atoms with Crippen LogP contribution in [-0.2, 0) is 0 Å². The van der Waals surface area contributed by atoms with Crippen LogP contribution in [0.1, 0.15) is 22.3 Å². The smallest absolute Gasteiger partial charge is 0 e. The van der Waals surface area contributed by atoms with Crippen molar-refractivity contribution in [2.45, 2.75) is 27.7 Å². The van der Waals surface area contributed by atoms with Gasteiger partial charge in [-0.1, -0.05) is 27.7 Å². The Bertz CT molecular complexity index is 224. The van der Waals surface area contributed by atoms with E-state index in [1.54, 1.807) is 0 Å². The van der Waals surface area contributed by atoms with Gasteiger partial charge < -0.3 is 0 Å². The van der Waals surface area contributed by atoms with Crippen molar-refractivity contribution in [2.24, 2.45) is 0 Å². The molecular weight excluding hydrogens is 387 g/mol. The summed E-state index contributed by atoms with van der Waals surface area (Å²) >= 11 is 0. The Kier molecular flexibility index (Phi) is 2.41. The van der Waals surface area contributed by atoms with Crippen LogP contribution in [-0.4, -0.2) is 0 Å². The summed E-state index contributed by atoms with van der Waals surface area (Å²) in [6.07, 6.45) is 0. The molecule has 56 valence electrons. The third-order valence-electron chi connectivity index (χ3n) is 2.22. The van der Waals surface area contributed by atoms with Crippen LogP contribution >= 0.6 is 0 Å². The van der Waals surface area contributed by atoms with Crippen LogP contribution in [0.25, 0.3) is 0 Å². The standard InChI is InChI=1S/C10H13.Rf/c1-7-5-6-8(2)10(4)9(7)3;/h5H,1-4H3;/q-1;. The first-order valence-electron chi connectivity index (χ1n) is 3.58. The number of hydrogen-bond donors (Lipinski definition) is 0. The summed E-state index contributed by atoms with van der Waals surface area (Å²) in [7, 11) is 0. The van der Waals surface area contributed by atoms with Crippen molar-refractivity contribution < 1.29 is 0 Å². The zero-order valence-electron chi connectivity index (χ0n) is 7.78. The van der Waals surface area contributed by atoms with E-state index in [4.69, 9.17) is 0 Å². The van der Waals surface area contributed by atoms with E-state index in [1.165, 1.54) is 22.3 Å². The summed E-state index contributed by atoms with van der Waals surface area (Å²) in [4.78, 5) is 0. The van der Waals surface area contributed by atoms with Crippen LogP contribution in [0.4, 0.5) is 0 Å². The van der Waals surface area contributed by atoms with Crippen molar-refractivity contribution >= 4 is 0 Å². The van der Waals surface area contributed by atoms with Gasteiger partial charge in [-0.3, -0.25) is 0 Å². The fourth-order valence-electron chi connectivity index (χ4n) is 1.01. The Morgan fingerprint density at radius 1 is 1.00 bits per heavy atom. The molecule has 1 aromatic rings. The zero-order valence-corrected chi connectivity index (χ0v) is 14.2. The molecule has 0 bridgehead atoms. The van der Waals surface area contributed by atoms with Gasteiger partial charge in [0, 0.05) is 0 Å². The van der Waals surface area contributed by atoms with E-state index in [9.17, 15) is 0 Å². The van der Waals surface area contributed by atoms with Crippen LogP contribution in [0.5, 0.6) is 0 Å². The van der Waals surface area contributed by atoms with Gasteiger partial charge in [-0.15, -0.1) is 0 Å². The summed E-state index contributed by atoms with van der Waals surface area (Å²) in [5.74, 6) is 0. The molecule has 0 spiro atoms. The minimum Gasteiger partial charge on any atom is -0.180 e. The van der Waals surface area contributed by atoms with Gasteiger partial charge in [-0.05, 0) is 0 Å². The third kappa shape index (κ3) is 1.37. The topological polar surface area (TPSA) is 0 Å². The van der Waals surface area contributed by atoms with E-state index in [-0.39, 0.29) is 0 Å². The van der Waals surface area contributed by atoms with E-state index in [0.717, 1.165) is 0 Å². The summed E-state index contributed by atoms with van der Waals surface area (Å²) in [6.45, 7) is 8.53. The normalized spacial score (nSPS) is 9.09. The van der Waals surface area contributed by atoms with Crippen molar-refractivity contribution in [3.05, 3.63) is 34.4 Å². The molecule has 0 unspecified atom stereocenters. The molecule has 0 heterocycles. The van der Waals surface area contributed by atoms with Crippen LogP contribution in [0.15, 0.2) is 6.07 Å². The van der Waals surface area contributed by atoms with Crippen LogP contribution in [0, 0.1) is 33.8 Å². The van der Waals surface area contributed by atoms with Crippen LogP contribution < -0.4 is 0 Å². The van der Waals surface area contributed by atoms with E-state index >= 15 is 0 Å². The second-order valence-electron chi connectivity index (χ2n) is 2.85. The van der Waals surface area contributed by atoms with Crippen molar-refractivity contribution in [1.82, 2.24) is 0 Å². The monoisotopic (exact) mass is 400 g/mol. The molecule has 0 radical (unpaired) electrons. The molecule has 1 rings (SSSR count). The quantitative estimate of drug-likeness (QED) is 0.588. The molecule has 0 aromatic heterocycles. The van der Waals surface area contributed by atoms with Gasteiger partial charge >= 0.3 is 0 Å². The van der Waals surface area contributed by atoms with Gasteiger partial charge in [0.25, 0.3) is 0 Å². The molecule has 0 atom stereocenters. The largest absolute Gasteiger partial charge is 0.180 e. The fraction of sp³-hybridized carbons (Fsp3) is 0.400. The summed E-state index contributed by atoms with van der Waals surface area (Å²) in [5.41, 5.74) is 5.38. The predicted molar refractivity (Wildman–Crippen MR) is 44.2 cm³/mol. The molecule has 0 aliphatic carbocycles. The fourth-order valence-corrected chi connectivity index (χ4v) is 1.01. The van der Waals surface area contributed by atoms with E-state index in [2.05, 4.69) is 39.8 Å². The Hall–Kier alpha value is -1.78. The molecule has 0 saturated carbocycles. The molecule has 0 fully saturated rings. The molecular formula is C10H13Rf-. The van der Waals surface area contributed by atoms with Gasteiger partial charge in [-0.2, -0.15) is 34.4 Å².